The molecule has 1 atom stereocenters. The summed E-state index contributed by atoms with van der Waals surface area (Å²) in [7, 11) is -3.88. The van der Waals surface area contributed by atoms with E-state index in [-0.39, 0.29) is 22.6 Å². The number of halogens is 2. The lowest BCUT2D eigenvalue weighted by Crippen LogP contribution is -2.31. The van der Waals surface area contributed by atoms with Crippen LogP contribution in [0.4, 0.5) is 8.78 Å². The van der Waals surface area contributed by atoms with Gasteiger partial charge in [-0.15, -0.1) is 11.3 Å². The molecule has 0 spiro atoms. The van der Waals surface area contributed by atoms with Gasteiger partial charge in [0.05, 0.1) is 4.90 Å². The van der Waals surface area contributed by atoms with E-state index in [4.69, 9.17) is 0 Å². The summed E-state index contributed by atoms with van der Waals surface area (Å²) in [5.41, 5.74) is 0.447. The van der Waals surface area contributed by atoms with Crippen LogP contribution in [0.15, 0.2) is 64.9 Å². The molecule has 0 saturated carbocycles. The summed E-state index contributed by atoms with van der Waals surface area (Å²) in [5, 5.41) is 3.32. The van der Waals surface area contributed by atoms with Crippen LogP contribution in [-0.2, 0) is 9.84 Å². The Morgan fingerprint density at radius 3 is 2.43 bits per heavy atom. The van der Waals surface area contributed by atoms with E-state index >= 15 is 0 Å². The quantitative estimate of drug-likeness (QED) is 0.605. The second kappa shape index (κ2) is 8.20. The number of hydrogen-bond donors (Lipinski definition) is 1. The van der Waals surface area contributed by atoms with E-state index in [1.54, 1.807) is 17.5 Å². The molecule has 1 N–H and O–H groups in total. The fraction of sp³-hybridized carbons (Fsp3) is 0.150. The lowest BCUT2D eigenvalue weighted by Gasteiger charge is -2.18. The number of benzene rings is 2. The van der Waals surface area contributed by atoms with Crippen molar-refractivity contribution < 1.29 is 22.0 Å². The molecule has 0 fully saturated rings. The molecule has 3 rings (SSSR count). The Balaban J connectivity index is 1.88. The zero-order chi connectivity index (χ0) is 20.3. The van der Waals surface area contributed by atoms with Crippen LogP contribution in [0, 0.1) is 18.6 Å². The summed E-state index contributed by atoms with van der Waals surface area (Å²) >= 11 is 1.26. The Morgan fingerprint density at radius 1 is 1.11 bits per heavy atom. The van der Waals surface area contributed by atoms with Crippen molar-refractivity contribution in [2.24, 2.45) is 0 Å². The molecule has 1 heterocycles. The Morgan fingerprint density at radius 2 is 1.82 bits per heavy atom. The van der Waals surface area contributed by atoms with Crippen molar-refractivity contribution in [3.63, 3.8) is 0 Å². The molecule has 28 heavy (non-hydrogen) atoms. The second-order valence-corrected chi connectivity index (χ2v) is 9.29. The smallest absolute Gasteiger partial charge is 0.251 e. The number of rotatable bonds is 6. The van der Waals surface area contributed by atoms with Gasteiger partial charge in [0.15, 0.2) is 9.84 Å². The van der Waals surface area contributed by atoms with Crippen molar-refractivity contribution in [1.82, 2.24) is 5.32 Å². The summed E-state index contributed by atoms with van der Waals surface area (Å²) < 4.78 is 52.9. The number of carbonyl (C=O) groups excluding carboxylic acids is 1. The molecule has 1 amide bonds. The van der Waals surface area contributed by atoms with Crippen molar-refractivity contribution >= 4 is 27.1 Å². The Kier molecular flexibility index (Phi) is 5.90. The van der Waals surface area contributed by atoms with Crippen LogP contribution in [0.3, 0.4) is 0 Å². The molecule has 146 valence electrons. The van der Waals surface area contributed by atoms with E-state index in [1.807, 2.05) is 0 Å². The van der Waals surface area contributed by atoms with E-state index in [1.165, 1.54) is 42.5 Å². The van der Waals surface area contributed by atoms with Crippen LogP contribution < -0.4 is 5.32 Å². The fourth-order valence-electron chi connectivity index (χ4n) is 2.68. The van der Waals surface area contributed by atoms with Gasteiger partial charge in [-0.1, -0.05) is 6.07 Å². The van der Waals surface area contributed by atoms with Gasteiger partial charge in [0.1, 0.15) is 16.9 Å². The first-order valence-electron chi connectivity index (χ1n) is 8.36. The Bertz CT molecular complexity index is 1080. The maximum Gasteiger partial charge on any atom is 0.251 e. The van der Waals surface area contributed by atoms with Crippen LogP contribution in [0.25, 0.3) is 0 Å². The molecule has 0 bridgehead atoms. The summed E-state index contributed by atoms with van der Waals surface area (Å²) in [6.07, 6.45) is 0. The Hall–Kier alpha value is -2.58. The largest absolute Gasteiger partial charge is 0.350 e. The third-order valence-corrected chi connectivity index (χ3v) is 7.46. The van der Waals surface area contributed by atoms with Crippen molar-refractivity contribution in [2.75, 3.05) is 6.54 Å². The van der Waals surface area contributed by atoms with Crippen LogP contribution in [-0.4, -0.2) is 20.9 Å². The van der Waals surface area contributed by atoms with E-state index in [2.05, 4.69) is 5.32 Å². The molecule has 0 saturated heterocycles. The number of thiophene rings is 1. The highest BCUT2D eigenvalue weighted by molar-refractivity contribution is 7.91. The SMILES string of the molecule is Cc1cc(S(=O)(=O)[C@@H](CNC(=O)c2ccc(F)cc2)c2cccs2)ccc1F. The zero-order valence-corrected chi connectivity index (χ0v) is 16.5. The molecular formula is C20H17F2NO3S2. The maximum absolute atomic E-state index is 13.6. The summed E-state index contributed by atoms with van der Waals surface area (Å²) in [6, 6.07) is 12.0. The number of nitrogens with one attached hydrogen (secondary N) is 1. The van der Waals surface area contributed by atoms with Gasteiger partial charge < -0.3 is 5.32 Å². The molecule has 0 radical (unpaired) electrons. The highest BCUT2D eigenvalue weighted by Crippen LogP contribution is 2.32. The standard InChI is InChI=1S/C20H17F2NO3S2/c1-13-11-16(8-9-17(13)22)28(25,26)19(18-3-2-10-27-18)12-23-20(24)14-4-6-15(21)7-5-14/h2-11,19H,12H2,1H3,(H,23,24)/t19-/m0/s1. The van der Waals surface area contributed by atoms with Gasteiger partial charge in [0, 0.05) is 17.0 Å². The minimum Gasteiger partial charge on any atom is -0.350 e. The third-order valence-electron chi connectivity index (χ3n) is 4.25. The lowest BCUT2D eigenvalue weighted by atomic mass is 10.2. The van der Waals surface area contributed by atoms with Gasteiger partial charge in [-0.3, -0.25) is 4.79 Å². The Labute approximate surface area is 165 Å². The van der Waals surface area contributed by atoms with Crippen molar-refractivity contribution in [2.45, 2.75) is 17.1 Å². The predicted molar refractivity (Wildman–Crippen MR) is 104 cm³/mol. The molecule has 0 aliphatic carbocycles. The monoisotopic (exact) mass is 421 g/mol. The maximum atomic E-state index is 13.6. The number of sulfone groups is 1. The van der Waals surface area contributed by atoms with Gasteiger partial charge in [-0.25, -0.2) is 17.2 Å². The highest BCUT2D eigenvalue weighted by atomic mass is 32.2. The lowest BCUT2D eigenvalue weighted by molar-refractivity contribution is 0.0953. The van der Waals surface area contributed by atoms with Gasteiger partial charge in [-0.05, 0) is 66.4 Å². The highest BCUT2D eigenvalue weighted by Gasteiger charge is 2.31. The number of carbonyl (C=O) groups is 1. The van der Waals surface area contributed by atoms with Gasteiger partial charge in [0.2, 0.25) is 0 Å². The number of amides is 1. The first-order valence-corrected chi connectivity index (χ1v) is 10.8. The summed E-state index contributed by atoms with van der Waals surface area (Å²) in [4.78, 5) is 12.9. The van der Waals surface area contributed by atoms with Crippen LogP contribution >= 0.6 is 11.3 Å². The van der Waals surface area contributed by atoms with E-state index in [0.29, 0.717) is 4.88 Å². The summed E-state index contributed by atoms with van der Waals surface area (Å²) in [6.45, 7) is 1.32. The molecule has 0 aliphatic rings. The van der Waals surface area contributed by atoms with Gasteiger partial charge >= 0.3 is 0 Å². The van der Waals surface area contributed by atoms with Crippen LogP contribution in [0.1, 0.15) is 26.0 Å². The average Bonchev–Trinajstić information content (AvgIpc) is 3.18. The van der Waals surface area contributed by atoms with Gasteiger partial charge in [0.25, 0.3) is 5.91 Å². The molecule has 0 aliphatic heterocycles. The van der Waals surface area contributed by atoms with Crippen molar-refractivity contribution in [3.8, 4) is 0 Å². The number of aryl methyl sites for hydroxylation is 1. The topological polar surface area (TPSA) is 63.2 Å². The normalized spacial score (nSPS) is 12.5. The van der Waals surface area contributed by atoms with Crippen LogP contribution in [0.2, 0.25) is 0 Å². The molecule has 0 unspecified atom stereocenters. The van der Waals surface area contributed by atoms with Crippen molar-refractivity contribution in [1.29, 1.82) is 0 Å². The van der Waals surface area contributed by atoms with E-state index in [0.717, 1.165) is 18.2 Å². The molecular weight excluding hydrogens is 404 g/mol. The third kappa shape index (κ3) is 4.28. The first-order chi connectivity index (χ1) is 13.3. The molecule has 1 aromatic heterocycles. The zero-order valence-electron chi connectivity index (χ0n) is 14.9. The first kappa shape index (κ1) is 20.2. The van der Waals surface area contributed by atoms with E-state index < -0.39 is 32.6 Å². The predicted octanol–water partition coefficient (Wildman–Crippen LogP) is 4.28. The van der Waals surface area contributed by atoms with Gasteiger partial charge in [-0.2, -0.15) is 0 Å². The summed E-state index contributed by atoms with van der Waals surface area (Å²) in [5.74, 6) is -1.47. The van der Waals surface area contributed by atoms with E-state index in [9.17, 15) is 22.0 Å². The minimum atomic E-state index is -3.88. The second-order valence-electron chi connectivity index (χ2n) is 6.18. The molecule has 4 nitrogen and oxygen atoms in total. The molecule has 2 aromatic carbocycles. The molecule has 3 aromatic rings. The van der Waals surface area contributed by atoms with Crippen LogP contribution in [0.5, 0.6) is 0 Å². The average molecular weight is 421 g/mol. The molecule has 8 heteroatoms. The fourth-order valence-corrected chi connectivity index (χ4v) is 5.55. The number of hydrogen-bond acceptors (Lipinski definition) is 4. The van der Waals surface area contributed by atoms with Crippen molar-refractivity contribution in [3.05, 3.63) is 87.6 Å². The minimum absolute atomic E-state index is 0.0131.